The molecule has 0 spiro atoms. The Hall–Kier alpha value is -1.97. The first-order valence-corrected chi connectivity index (χ1v) is 9.32. The van der Waals surface area contributed by atoms with Crippen molar-refractivity contribution in [1.82, 2.24) is 10.2 Å². The van der Waals surface area contributed by atoms with Crippen molar-refractivity contribution in [2.45, 2.75) is 45.2 Å². The van der Waals surface area contributed by atoms with Crippen LogP contribution in [0.5, 0.6) is 0 Å². The van der Waals surface area contributed by atoms with Gasteiger partial charge in [-0.3, -0.25) is 5.32 Å². The zero-order chi connectivity index (χ0) is 19.1. The Morgan fingerprint density at radius 2 is 2.23 bits per heavy atom. The number of aliphatic imine (C=N–C) groups is 1. The largest absolute Gasteiger partial charge is 0.464 e. The zero-order valence-corrected chi connectivity index (χ0v) is 16.3. The molecule has 1 saturated heterocycles. The lowest BCUT2D eigenvalue weighted by molar-refractivity contribution is -0.149. The molecular weight excluding hydrogens is 375 g/mol. The SMILES string of the molecule is CCOC(=O)C1C2CCC(C2)N1C(=NC(/C=C/Cl)=C/C=C(\C)Cl)NC#N. The van der Waals surface area contributed by atoms with Gasteiger partial charge >= 0.3 is 5.97 Å². The Balaban J connectivity index is 2.40. The number of guanidine groups is 1. The van der Waals surface area contributed by atoms with Crippen LogP contribution in [0.3, 0.4) is 0 Å². The molecule has 2 aliphatic rings. The van der Waals surface area contributed by atoms with E-state index in [9.17, 15) is 10.1 Å². The maximum Gasteiger partial charge on any atom is 0.329 e. The molecule has 1 heterocycles. The molecule has 3 atom stereocenters. The van der Waals surface area contributed by atoms with E-state index in [4.69, 9.17) is 27.9 Å². The molecule has 3 unspecified atom stereocenters. The minimum Gasteiger partial charge on any atom is -0.464 e. The van der Waals surface area contributed by atoms with Crippen LogP contribution < -0.4 is 5.32 Å². The fourth-order valence-corrected chi connectivity index (χ4v) is 3.73. The van der Waals surface area contributed by atoms with Crippen LogP contribution in [-0.2, 0) is 9.53 Å². The van der Waals surface area contributed by atoms with E-state index >= 15 is 0 Å². The van der Waals surface area contributed by atoms with Crippen LogP contribution in [0.15, 0.2) is 39.5 Å². The smallest absolute Gasteiger partial charge is 0.329 e. The highest BCUT2D eigenvalue weighted by molar-refractivity contribution is 6.29. The number of ether oxygens (including phenoxy) is 1. The van der Waals surface area contributed by atoms with Crippen molar-refractivity contribution < 1.29 is 9.53 Å². The number of carbonyl (C=O) groups is 1. The van der Waals surface area contributed by atoms with Crippen molar-refractivity contribution in [3.63, 3.8) is 0 Å². The van der Waals surface area contributed by atoms with Crippen molar-refractivity contribution in [2.75, 3.05) is 6.61 Å². The van der Waals surface area contributed by atoms with Crippen molar-refractivity contribution in [3.05, 3.63) is 34.5 Å². The number of piperidine rings is 1. The molecule has 0 aromatic heterocycles. The monoisotopic (exact) mass is 396 g/mol. The van der Waals surface area contributed by atoms with Gasteiger partial charge < -0.3 is 9.64 Å². The number of likely N-dealkylation sites (tertiary alicyclic amines) is 1. The number of nitrogens with zero attached hydrogens (tertiary/aromatic N) is 3. The number of fused-ring (bicyclic) bond motifs is 2. The predicted molar refractivity (Wildman–Crippen MR) is 102 cm³/mol. The first-order chi connectivity index (χ1) is 12.5. The summed E-state index contributed by atoms with van der Waals surface area (Å²) >= 11 is 11.6. The fourth-order valence-electron chi connectivity index (χ4n) is 3.54. The van der Waals surface area contributed by atoms with E-state index in [-0.39, 0.29) is 17.9 Å². The molecule has 26 heavy (non-hydrogen) atoms. The summed E-state index contributed by atoms with van der Waals surface area (Å²) in [6, 6.07) is -0.277. The van der Waals surface area contributed by atoms with Crippen LogP contribution in [0.4, 0.5) is 0 Å². The van der Waals surface area contributed by atoms with Crippen LogP contribution in [-0.4, -0.2) is 35.5 Å². The third kappa shape index (κ3) is 4.80. The summed E-state index contributed by atoms with van der Waals surface area (Å²) in [6.07, 6.45) is 9.69. The number of hydrogen-bond acceptors (Lipinski definition) is 4. The molecule has 2 fully saturated rings. The van der Waals surface area contributed by atoms with Crippen molar-refractivity contribution in [3.8, 4) is 6.19 Å². The lowest BCUT2D eigenvalue weighted by atomic mass is 9.99. The van der Waals surface area contributed by atoms with Gasteiger partial charge in [-0.15, -0.1) is 0 Å². The molecule has 0 aromatic carbocycles. The third-order valence-electron chi connectivity index (χ3n) is 4.48. The summed E-state index contributed by atoms with van der Waals surface area (Å²) in [5.41, 5.74) is 1.83. The van der Waals surface area contributed by atoms with Crippen LogP contribution in [0.1, 0.15) is 33.1 Å². The summed E-state index contributed by atoms with van der Waals surface area (Å²) in [4.78, 5) is 18.9. The van der Waals surface area contributed by atoms with Gasteiger partial charge in [-0.1, -0.05) is 23.2 Å². The van der Waals surface area contributed by atoms with E-state index in [0.29, 0.717) is 23.3 Å². The second kappa shape index (κ2) is 9.65. The van der Waals surface area contributed by atoms with Gasteiger partial charge in [0.2, 0.25) is 5.96 Å². The minimum absolute atomic E-state index is 0.153. The summed E-state index contributed by atoms with van der Waals surface area (Å²) in [5.74, 6) is 0.257. The van der Waals surface area contributed by atoms with Crippen LogP contribution in [0, 0.1) is 17.4 Å². The van der Waals surface area contributed by atoms with Gasteiger partial charge in [0.1, 0.15) is 6.04 Å². The van der Waals surface area contributed by atoms with E-state index in [1.165, 1.54) is 5.54 Å². The Kier molecular flexibility index (Phi) is 7.55. The summed E-state index contributed by atoms with van der Waals surface area (Å²) in [7, 11) is 0. The number of allylic oxidation sites excluding steroid dienone is 4. The minimum atomic E-state index is -0.431. The molecule has 6 nitrogen and oxygen atoms in total. The maximum absolute atomic E-state index is 12.5. The average molecular weight is 397 g/mol. The van der Waals surface area contributed by atoms with Crippen molar-refractivity contribution in [1.29, 1.82) is 5.26 Å². The molecule has 0 radical (unpaired) electrons. The Morgan fingerprint density at radius 3 is 2.85 bits per heavy atom. The van der Waals surface area contributed by atoms with Gasteiger partial charge in [-0.2, -0.15) is 5.26 Å². The van der Waals surface area contributed by atoms with Gasteiger partial charge in [-0.05, 0) is 57.3 Å². The topological polar surface area (TPSA) is 77.7 Å². The molecule has 2 bridgehead atoms. The fraction of sp³-hybridized carbons (Fsp3) is 0.500. The molecule has 2 rings (SSSR count). The zero-order valence-electron chi connectivity index (χ0n) is 14.8. The Labute approximate surface area is 163 Å². The molecule has 1 aliphatic heterocycles. The molecule has 0 aromatic rings. The summed E-state index contributed by atoms with van der Waals surface area (Å²) in [5, 5.41) is 12.4. The van der Waals surface area contributed by atoms with Gasteiger partial charge in [0.05, 0.1) is 12.3 Å². The second-order valence-corrected chi connectivity index (χ2v) is 6.99. The lowest BCUT2D eigenvalue weighted by Gasteiger charge is -2.35. The van der Waals surface area contributed by atoms with E-state index < -0.39 is 6.04 Å². The number of nitrogens with one attached hydrogen (secondary N) is 1. The molecule has 1 N–H and O–H groups in total. The van der Waals surface area contributed by atoms with E-state index in [2.05, 4.69) is 10.3 Å². The van der Waals surface area contributed by atoms with Gasteiger partial charge in [0.15, 0.2) is 6.19 Å². The van der Waals surface area contributed by atoms with Gasteiger partial charge in [0, 0.05) is 16.6 Å². The molecular formula is C18H22Cl2N4O2. The molecule has 1 saturated carbocycles. The molecule has 1 aliphatic carbocycles. The predicted octanol–water partition coefficient (Wildman–Crippen LogP) is 3.61. The molecule has 140 valence electrons. The van der Waals surface area contributed by atoms with Crippen molar-refractivity contribution >= 4 is 35.1 Å². The number of halogens is 2. The number of nitriles is 1. The third-order valence-corrected chi connectivity index (χ3v) is 4.73. The quantitative estimate of drug-likeness (QED) is 0.192. The summed E-state index contributed by atoms with van der Waals surface area (Å²) in [6.45, 7) is 3.85. The lowest BCUT2D eigenvalue weighted by Crippen LogP contribution is -2.53. The van der Waals surface area contributed by atoms with Crippen LogP contribution in [0.2, 0.25) is 0 Å². The van der Waals surface area contributed by atoms with Crippen LogP contribution >= 0.6 is 23.2 Å². The van der Waals surface area contributed by atoms with Gasteiger partial charge in [0.25, 0.3) is 0 Å². The van der Waals surface area contributed by atoms with Gasteiger partial charge in [-0.25, -0.2) is 9.79 Å². The Morgan fingerprint density at radius 1 is 1.46 bits per heavy atom. The highest BCUT2D eigenvalue weighted by Crippen LogP contribution is 2.43. The number of esters is 1. The Bertz CT molecular complexity index is 690. The molecule has 0 amide bonds. The van der Waals surface area contributed by atoms with E-state index in [1.54, 1.807) is 32.1 Å². The van der Waals surface area contributed by atoms with Crippen LogP contribution in [0.25, 0.3) is 0 Å². The standard InChI is InChI=1S/C18H22Cl2N4O2/c1-3-26-17(25)16-13-5-7-15(10-13)24(16)18(22-11-21)23-14(8-9-19)6-4-12(2)20/h4,6,8-9,13,15-16H,3,5,7,10H2,1-2H3,(H,22,23)/b9-8+,12-4+,14-6+. The highest BCUT2D eigenvalue weighted by atomic mass is 35.5. The van der Waals surface area contributed by atoms with E-state index in [0.717, 1.165) is 19.3 Å². The number of hydrogen-bond donors (Lipinski definition) is 1. The molecule has 8 heteroatoms. The first-order valence-electron chi connectivity index (χ1n) is 8.51. The number of rotatable bonds is 5. The van der Waals surface area contributed by atoms with E-state index in [1.807, 2.05) is 11.1 Å². The maximum atomic E-state index is 12.5. The normalized spacial score (nSPS) is 26.3. The summed E-state index contributed by atoms with van der Waals surface area (Å²) < 4.78 is 5.25. The second-order valence-electron chi connectivity index (χ2n) is 6.14. The average Bonchev–Trinajstić information content (AvgIpc) is 3.20. The first kappa shape index (κ1) is 20.3. The van der Waals surface area contributed by atoms with Crippen molar-refractivity contribution in [2.24, 2.45) is 10.9 Å². The highest BCUT2D eigenvalue weighted by Gasteiger charge is 2.51. The number of carbonyl (C=O) groups excluding carboxylic acids is 1.